The Kier molecular flexibility index (Phi) is 1.75. The lowest BCUT2D eigenvalue weighted by molar-refractivity contribution is -0.472. The maximum atomic E-state index is 10.7. The minimum absolute atomic E-state index is 0.103. The number of amidine groups is 1. The summed E-state index contributed by atoms with van der Waals surface area (Å²) >= 11 is 0. The van der Waals surface area contributed by atoms with E-state index in [4.69, 9.17) is 0 Å². The molecular formula is C5H6N2O4. The van der Waals surface area contributed by atoms with Crippen molar-refractivity contribution in [3.8, 4) is 0 Å². The first-order valence-electron chi connectivity index (χ1n) is 2.86. The molecule has 0 unspecified atom stereocenters. The van der Waals surface area contributed by atoms with Gasteiger partial charge in [0.15, 0.2) is 0 Å². The lowest BCUT2D eigenvalue weighted by atomic mass is 10.6. The topological polar surface area (TPSA) is 78.4 Å². The summed E-state index contributed by atoms with van der Waals surface area (Å²) in [5.74, 6) is -1.43. The summed E-state index contributed by atoms with van der Waals surface area (Å²) in [7, 11) is 1.11. The molecule has 0 saturated carbocycles. The Labute approximate surface area is 62.2 Å². The number of carbonyl (C=O) groups excluding carboxylic acids is 1. The highest BCUT2D eigenvalue weighted by Gasteiger charge is 2.35. The van der Waals surface area contributed by atoms with Crippen LogP contribution in [0.15, 0.2) is 0 Å². The molecule has 11 heavy (non-hydrogen) atoms. The number of ether oxygens (including phenoxy) is 1. The van der Waals surface area contributed by atoms with Crippen LogP contribution in [-0.2, 0) is 9.53 Å². The van der Waals surface area contributed by atoms with Crippen LogP contribution in [0.3, 0.4) is 0 Å². The predicted octanol–water partition coefficient (Wildman–Crippen LogP) is -1.34. The fourth-order valence-corrected chi connectivity index (χ4v) is 0.714. The van der Waals surface area contributed by atoms with Gasteiger partial charge in [0.05, 0.1) is 7.11 Å². The number of esters is 1. The number of nitrogens with zero attached hydrogens (tertiary/aromatic N) is 2. The third-order valence-corrected chi connectivity index (χ3v) is 1.23. The van der Waals surface area contributed by atoms with E-state index in [-0.39, 0.29) is 16.0 Å². The van der Waals surface area contributed by atoms with Gasteiger partial charge in [-0.05, 0) is 0 Å². The van der Waals surface area contributed by atoms with Gasteiger partial charge in [0, 0.05) is 0 Å². The molecule has 0 atom stereocenters. The molecule has 0 aromatic carbocycles. The first kappa shape index (κ1) is 7.52. The van der Waals surface area contributed by atoms with Crippen LogP contribution in [0.5, 0.6) is 0 Å². The number of carbonyl (C=O) groups is 1. The van der Waals surface area contributed by atoms with Crippen molar-refractivity contribution in [3.63, 3.8) is 0 Å². The van der Waals surface area contributed by atoms with Crippen LogP contribution in [0.25, 0.3) is 0 Å². The van der Waals surface area contributed by atoms with Crippen LogP contribution in [-0.4, -0.2) is 41.2 Å². The van der Waals surface area contributed by atoms with Gasteiger partial charge in [-0.2, -0.15) is 0 Å². The van der Waals surface area contributed by atoms with E-state index in [1.54, 1.807) is 0 Å². The third kappa shape index (κ3) is 1.14. The molecular weight excluding hydrogens is 152 g/mol. The van der Waals surface area contributed by atoms with Gasteiger partial charge in [0.1, 0.15) is 0 Å². The minimum Gasteiger partial charge on any atom is -0.618 e. The van der Waals surface area contributed by atoms with Crippen molar-refractivity contribution in [2.45, 2.75) is 0 Å². The highest BCUT2D eigenvalue weighted by molar-refractivity contribution is 6.30. The Morgan fingerprint density at radius 1 is 1.73 bits per heavy atom. The molecule has 6 nitrogen and oxygen atoms in total. The van der Waals surface area contributed by atoms with Gasteiger partial charge in [-0.1, -0.05) is 0 Å². The Bertz CT molecular complexity index is 255. The van der Waals surface area contributed by atoms with Crippen molar-refractivity contribution >= 4 is 18.0 Å². The normalized spacial score (nSPS) is 16.6. The average Bonchev–Trinajstić information content (AvgIpc) is 2.30. The molecule has 0 amide bonds. The van der Waals surface area contributed by atoms with Crippen molar-refractivity contribution < 1.29 is 19.0 Å². The van der Waals surface area contributed by atoms with E-state index < -0.39 is 11.8 Å². The summed E-state index contributed by atoms with van der Waals surface area (Å²) in [5.41, 5.74) is 0. The number of rotatable bonds is 1. The lowest BCUT2D eigenvalue weighted by Crippen LogP contribution is -2.28. The van der Waals surface area contributed by atoms with Gasteiger partial charge in [0.25, 0.3) is 0 Å². The molecule has 1 rings (SSSR count). The number of hydrogen-bond donors (Lipinski definition) is 0. The quantitative estimate of drug-likeness (QED) is 0.269. The zero-order chi connectivity index (χ0) is 8.43. The van der Waals surface area contributed by atoms with Gasteiger partial charge < -0.3 is 15.2 Å². The van der Waals surface area contributed by atoms with Gasteiger partial charge in [-0.25, -0.2) is 4.79 Å². The number of hydrogen-bond acceptors (Lipinski definition) is 4. The van der Waals surface area contributed by atoms with Crippen LogP contribution in [0.1, 0.15) is 0 Å². The van der Waals surface area contributed by atoms with Crippen molar-refractivity contribution in [2.75, 3.05) is 13.7 Å². The van der Waals surface area contributed by atoms with Crippen molar-refractivity contribution in [2.24, 2.45) is 0 Å². The van der Waals surface area contributed by atoms with Crippen LogP contribution >= 0.6 is 0 Å². The maximum Gasteiger partial charge on any atom is 0.548 e. The Hall–Kier alpha value is -1.59. The Balaban J connectivity index is 2.93. The van der Waals surface area contributed by atoms with E-state index in [0.717, 1.165) is 13.3 Å². The van der Waals surface area contributed by atoms with Crippen LogP contribution < -0.4 is 0 Å². The fourth-order valence-electron chi connectivity index (χ4n) is 0.714. The summed E-state index contributed by atoms with van der Waals surface area (Å²) in [6.07, 6.45) is 1.05. The van der Waals surface area contributed by atoms with Crippen molar-refractivity contribution in [1.82, 2.24) is 0 Å². The minimum atomic E-state index is -0.913. The third-order valence-electron chi connectivity index (χ3n) is 1.23. The second kappa shape index (κ2) is 2.57. The predicted molar refractivity (Wildman–Crippen MR) is 35.2 cm³/mol. The largest absolute Gasteiger partial charge is 0.618 e. The lowest BCUT2D eigenvalue weighted by Gasteiger charge is -1.97. The highest BCUT2D eigenvalue weighted by atomic mass is 16.6. The molecule has 60 valence electrons. The second-order valence-corrected chi connectivity index (χ2v) is 1.88. The van der Waals surface area contributed by atoms with Gasteiger partial charge >= 0.3 is 11.8 Å². The zero-order valence-electron chi connectivity index (χ0n) is 5.81. The van der Waals surface area contributed by atoms with E-state index >= 15 is 0 Å². The molecule has 0 radical (unpaired) electrons. The molecule has 0 aliphatic carbocycles. The molecule has 0 saturated heterocycles. The van der Waals surface area contributed by atoms with E-state index in [1.807, 2.05) is 0 Å². The monoisotopic (exact) mass is 158 g/mol. The highest BCUT2D eigenvalue weighted by Crippen LogP contribution is 1.90. The summed E-state index contributed by atoms with van der Waals surface area (Å²) in [6.45, 7) is -0.103. The van der Waals surface area contributed by atoms with Gasteiger partial charge in [-0.15, -0.1) is 9.48 Å². The first-order valence-corrected chi connectivity index (χ1v) is 2.86. The standard InChI is InChI=1S/C5H6N2O4/c1-11-5(8)4-6(9)2-3-7(4)10/h2H,3H2,1H3. The van der Waals surface area contributed by atoms with Gasteiger partial charge in [0.2, 0.25) is 12.8 Å². The molecule has 6 heteroatoms. The summed E-state index contributed by atoms with van der Waals surface area (Å²) in [5, 5.41) is 21.4. The maximum absolute atomic E-state index is 10.7. The SMILES string of the molecule is COC(=O)C1=[N+]([O-])CC=[N+]1[O-]. The van der Waals surface area contributed by atoms with Gasteiger partial charge in [-0.3, -0.25) is 0 Å². The summed E-state index contributed by atoms with van der Waals surface area (Å²) < 4.78 is 4.68. The molecule has 0 bridgehead atoms. The second-order valence-electron chi connectivity index (χ2n) is 1.88. The van der Waals surface area contributed by atoms with E-state index in [1.165, 1.54) is 0 Å². The number of hydroxylamine groups is 2. The van der Waals surface area contributed by atoms with Crippen molar-refractivity contribution in [3.05, 3.63) is 10.4 Å². The molecule has 0 aromatic heterocycles. The smallest absolute Gasteiger partial charge is 0.548 e. The summed E-state index contributed by atoms with van der Waals surface area (Å²) in [6, 6.07) is 0. The number of methoxy groups -OCH3 is 1. The van der Waals surface area contributed by atoms with Crippen LogP contribution in [0, 0.1) is 10.4 Å². The molecule has 0 spiro atoms. The molecule has 0 aromatic rings. The molecule has 1 aliphatic heterocycles. The first-order chi connectivity index (χ1) is 5.16. The fraction of sp³-hybridized carbons (Fsp3) is 0.400. The summed E-state index contributed by atoms with van der Waals surface area (Å²) in [4.78, 5) is 10.7. The average molecular weight is 158 g/mol. The van der Waals surface area contributed by atoms with Crippen LogP contribution in [0.4, 0.5) is 0 Å². The van der Waals surface area contributed by atoms with E-state index in [2.05, 4.69) is 4.74 Å². The van der Waals surface area contributed by atoms with Crippen LogP contribution in [0.2, 0.25) is 0 Å². The van der Waals surface area contributed by atoms with E-state index in [0.29, 0.717) is 0 Å². The van der Waals surface area contributed by atoms with Crippen molar-refractivity contribution in [1.29, 1.82) is 0 Å². The molecule has 1 aliphatic rings. The molecule has 0 fully saturated rings. The Morgan fingerprint density at radius 2 is 2.36 bits per heavy atom. The molecule has 1 heterocycles. The van der Waals surface area contributed by atoms with E-state index in [9.17, 15) is 15.2 Å². The molecule has 0 N–H and O–H groups in total. The zero-order valence-corrected chi connectivity index (χ0v) is 5.81. The Morgan fingerprint density at radius 3 is 2.73 bits per heavy atom.